The summed E-state index contributed by atoms with van der Waals surface area (Å²) in [6.07, 6.45) is 3.12. The van der Waals surface area contributed by atoms with Gasteiger partial charge in [0.25, 0.3) is 10.0 Å². The fraction of sp³-hybridized carbons (Fsp3) is 0.273. The summed E-state index contributed by atoms with van der Waals surface area (Å²) in [7, 11) is -3.78. The van der Waals surface area contributed by atoms with Crippen molar-refractivity contribution in [3.63, 3.8) is 0 Å². The number of aromatic carboxylic acids is 1. The number of nitrogens with one attached hydrogen (secondary N) is 2. The van der Waals surface area contributed by atoms with E-state index in [1.807, 2.05) is 0 Å². The number of hydrogen-bond acceptors (Lipinski definition) is 5. The van der Waals surface area contributed by atoms with Gasteiger partial charge in [-0.15, -0.1) is 11.3 Å². The molecule has 9 heteroatoms. The third-order valence-corrected chi connectivity index (χ3v) is 5.86. The van der Waals surface area contributed by atoms with E-state index in [9.17, 15) is 13.2 Å². The molecule has 0 aliphatic carbocycles. The molecule has 2 aromatic rings. The third kappa shape index (κ3) is 2.89. The predicted molar refractivity (Wildman–Crippen MR) is 73.3 cm³/mol. The van der Waals surface area contributed by atoms with Crippen molar-refractivity contribution >= 4 is 27.3 Å². The number of carboxylic acid groups (broad SMARTS) is 1. The smallest absolute Gasteiger partial charge is 0.346 e. The number of H-pyrrole nitrogens is 1. The second kappa shape index (κ2) is 5.35. The lowest BCUT2D eigenvalue weighted by atomic mass is 10.3. The van der Waals surface area contributed by atoms with Crippen molar-refractivity contribution in [2.75, 3.05) is 0 Å². The van der Waals surface area contributed by atoms with E-state index in [0.717, 1.165) is 11.3 Å². The highest BCUT2D eigenvalue weighted by Gasteiger charge is 2.24. The highest BCUT2D eigenvalue weighted by Crippen LogP contribution is 2.26. The van der Waals surface area contributed by atoms with E-state index in [1.54, 1.807) is 20.0 Å². The molecule has 0 fully saturated rings. The van der Waals surface area contributed by atoms with E-state index in [4.69, 9.17) is 5.11 Å². The topological polar surface area (TPSA) is 112 Å². The van der Waals surface area contributed by atoms with E-state index >= 15 is 0 Å². The molecule has 0 saturated heterocycles. The highest BCUT2D eigenvalue weighted by molar-refractivity contribution is 7.91. The van der Waals surface area contributed by atoms with E-state index in [-0.39, 0.29) is 9.09 Å². The van der Waals surface area contributed by atoms with Crippen LogP contribution in [0.1, 0.15) is 34.0 Å². The Kier molecular flexibility index (Phi) is 3.93. The molecule has 0 radical (unpaired) electrons. The molecule has 2 heterocycles. The molecule has 20 heavy (non-hydrogen) atoms. The maximum Gasteiger partial charge on any atom is 0.346 e. The number of aromatic amines is 1. The van der Waals surface area contributed by atoms with Gasteiger partial charge in [-0.3, -0.25) is 0 Å². The Morgan fingerprint density at radius 2 is 2.25 bits per heavy atom. The largest absolute Gasteiger partial charge is 0.477 e. The Balaban J connectivity index is 2.27. The molecule has 7 nitrogen and oxygen atoms in total. The number of aromatic nitrogens is 2. The molecule has 0 saturated carbocycles. The maximum atomic E-state index is 12.2. The summed E-state index contributed by atoms with van der Waals surface area (Å²) < 4.78 is 26.8. The van der Waals surface area contributed by atoms with Crippen LogP contribution in [0.3, 0.4) is 0 Å². The van der Waals surface area contributed by atoms with Gasteiger partial charge in [0.15, 0.2) is 0 Å². The number of nitrogens with zero attached hydrogens (tertiary/aromatic N) is 1. The first-order chi connectivity index (χ1) is 9.31. The molecule has 0 aliphatic rings. The molecule has 1 unspecified atom stereocenters. The van der Waals surface area contributed by atoms with E-state index in [2.05, 4.69) is 14.7 Å². The SMILES string of the molecule is Cc1cc(S(=O)(=O)NC(C)c2ncc[nH]2)sc1C(=O)O. The summed E-state index contributed by atoms with van der Waals surface area (Å²) in [5, 5.41) is 8.96. The van der Waals surface area contributed by atoms with Crippen molar-refractivity contribution < 1.29 is 18.3 Å². The first-order valence-corrected chi connectivity index (χ1v) is 7.96. The highest BCUT2D eigenvalue weighted by atomic mass is 32.2. The van der Waals surface area contributed by atoms with Crippen LogP contribution in [0.15, 0.2) is 22.7 Å². The van der Waals surface area contributed by atoms with E-state index in [1.165, 1.54) is 12.3 Å². The van der Waals surface area contributed by atoms with Gasteiger partial charge in [0.1, 0.15) is 14.9 Å². The molecule has 0 spiro atoms. The molecule has 2 aromatic heterocycles. The summed E-state index contributed by atoms with van der Waals surface area (Å²) in [5.74, 6) is -0.645. The van der Waals surface area contributed by atoms with Crippen LogP contribution in [0.4, 0.5) is 0 Å². The van der Waals surface area contributed by atoms with Gasteiger partial charge in [-0.25, -0.2) is 22.9 Å². The lowest BCUT2D eigenvalue weighted by molar-refractivity contribution is 0.0701. The number of thiophene rings is 1. The van der Waals surface area contributed by atoms with Crippen LogP contribution in [0.25, 0.3) is 0 Å². The summed E-state index contributed by atoms with van der Waals surface area (Å²) in [4.78, 5) is 17.8. The Labute approximate surface area is 119 Å². The minimum atomic E-state index is -3.78. The van der Waals surface area contributed by atoms with Crippen LogP contribution in [-0.2, 0) is 10.0 Å². The van der Waals surface area contributed by atoms with Gasteiger partial charge in [-0.1, -0.05) is 0 Å². The minimum Gasteiger partial charge on any atom is -0.477 e. The lowest BCUT2D eigenvalue weighted by Crippen LogP contribution is -2.26. The number of rotatable bonds is 5. The standard InChI is InChI=1S/C11H13N3O4S2/c1-6-5-8(19-9(6)11(15)16)20(17,18)14-7(2)10-12-3-4-13-10/h3-5,7,14H,1-2H3,(H,12,13)(H,15,16). The van der Waals surface area contributed by atoms with Gasteiger partial charge in [0.05, 0.1) is 6.04 Å². The zero-order valence-electron chi connectivity index (χ0n) is 10.7. The molecular formula is C11H13N3O4S2. The number of hydrogen-bond donors (Lipinski definition) is 3. The number of carbonyl (C=O) groups is 1. The van der Waals surface area contributed by atoms with Crippen LogP contribution in [0.5, 0.6) is 0 Å². The first kappa shape index (κ1) is 14.7. The Morgan fingerprint density at radius 3 is 2.75 bits per heavy atom. The average Bonchev–Trinajstić information content (AvgIpc) is 2.96. The van der Waals surface area contributed by atoms with Gasteiger partial charge in [0, 0.05) is 12.4 Å². The number of sulfonamides is 1. The maximum absolute atomic E-state index is 12.2. The fourth-order valence-electron chi connectivity index (χ4n) is 1.66. The van der Waals surface area contributed by atoms with Gasteiger partial charge >= 0.3 is 5.97 Å². The normalized spacial score (nSPS) is 13.3. The van der Waals surface area contributed by atoms with Gasteiger partial charge in [-0.2, -0.15) is 0 Å². The molecule has 0 aliphatic heterocycles. The number of aryl methyl sites for hydroxylation is 1. The molecule has 0 bridgehead atoms. The molecule has 2 rings (SSSR count). The van der Waals surface area contributed by atoms with Crippen molar-refractivity contribution in [2.45, 2.75) is 24.1 Å². The first-order valence-electron chi connectivity index (χ1n) is 5.66. The monoisotopic (exact) mass is 315 g/mol. The fourth-order valence-corrected chi connectivity index (χ4v) is 4.26. The molecule has 108 valence electrons. The minimum absolute atomic E-state index is 0.0224. The molecule has 0 amide bonds. The number of imidazole rings is 1. The summed E-state index contributed by atoms with van der Waals surface area (Å²) in [6, 6.07) is 0.816. The molecule has 3 N–H and O–H groups in total. The summed E-state index contributed by atoms with van der Waals surface area (Å²) in [6.45, 7) is 3.21. The predicted octanol–water partition coefficient (Wildman–Crippen LogP) is 1.52. The van der Waals surface area contributed by atoms with Gasteiger partial charge < -0.3 is 10.1 Å². The van der Waals surface area contributed by atoms with Crippen molar-refractivity contribution in [1.29, 1.82) is 0 Å². The molecular weight excluding hydrogens is 302 g/mol. The third-order valence-electron chi connectivity index (χ3n) is 2.62. The Morgan fingerprint density at radius 1 is 1.55 bits per heavy atom. The van der Waals surface area contributed by atoms with E-state index in [0.29, 0.717) is 11.4 Å². The van der Waals surface area contributed by atoms with Gasteiger partial charge in [-0.05, 0) is 25.5 Å². The van der Waals surface area contributed by atoms with Crippen LogP contribution in [0.2, 0.25) is 0 Å². The second-order valence-electron chi connectivity index (χ2n) is 4.20. The Hall–Kier alpha value is -1.71. The lowest BCUT2D eigenvalue weighted by Gasteiger charge is -2.10. The second-order valence-corrected chi connectivity index (χ2v) is 7.19. The number of carboxylic acids is 1. The van der Waals surface area contributed by atoms with Crippen molar-refractivity contribution in [3.8, 4) is 0 Å². The van der Waals surface area contributed by atoms with Crippen LogP contribution < -0.4 is 4.72 Å². The zero-order chi connectivity index (χ0) is 14.9. The quantitative estimate of drug-likeness (QED) is 0.774. The molecule has 1 atom stereocenters. The average molecular weight is 315 g/mol. The van der Waals surface area contributed by atoms with Crippen molar-refractivity contribution in [2.24, 2.45) is 0 Å². The Bertz CT molecular complexity index is 719. The van der Waals surface area contributed by atoms with Crippen LogP contribution in [-0.4, -0.2) is 29.5 Å². The summed E-state index contributed by atoms with van der Waals surface area (Å²) >= 11 is 0.733. The van der Waals surface area contributed by atoms with Crippen LogP contribution in [0, 0.1) is 6.92 Å². The van der Waals surface area contributed by atoms with Crippen LogP contribution >= 0.6 is 11.3 Å². The summed E-state index contributed by atoms with van der Waals surface area (Å²) in [5.41, 5.74) is 0.425. The van der Waals surface area contributed by atoms with E-state index < -0.39 is 22.0 Å². The molecule has 0 aromatic carbocycles. The van der Waals surface area contributed by atoms with Crippen molar-refractivity contribution in [1.82, 2.24) is 14.7 Å². The zero-order valence-corrected chi connectivity index (χ0v) is 12.4. The van der Waals surface area contributed by atoms with Gasteiger partial charge in [0.2, 0.25) is 0 Å². The van der Waals surface area contributed by atoms with Crippen molar-refractivity contribution in [3.05, 3.63) is 34.7 Å².